The fourth-order valence-corrected chi connectivity index (χ4v) is 4.79. The third kappa shape index (κ3) is 3.00. The minimum Gasteiger partial charge on any atom is -0.301 e. The maximum atomic E-state index is 2.81. The van der Waals surface area contributed by atoms with Crippen LogP contribution < -0.4 is 0 Å². The van der Waals surface area contributed by atoms with Crippen LogP contribution in [0.15, 0.2) is 0 Å². The quantitative estimate of drug-likeness (QED) is 0.769. The van der Waals surface area contributed by atoms with Crippen LogP contribution in [0.1, 0.15) is 52.9 Å². The van der Waals surface area contributed by atoms with E-state index in [4.69, 9.17) is 0 Å². The number of rotatable bonds is 4. The second-order valence-electron chi connectivity index (χ2n) is 7.73. The van der Waals surface area contributed by atoms with Crippen molar-refractivity contribution in [3.05, 3.63) is 0 Å². The van der Waals surface area contributed by atoms with Crippen LogP contribution in [0.5, 0.6) is 0 Å². The van der Waals surface area contributed by atoms with Crippen LogP contribution >= 0.6 is 0 Å². The maximum absolute atomic E-state index is 2.81. The van der Waals surface area contributed by atoms with Gasteiger partial charge in [-0.15, -0.1) is 0 Å². The molecule has 2 heterocycles. The Hall–Kier alpha value is -0.0800. The Morgan fingerprint density at radius 2 is 1.58 bits per heavy atom. The first-order valence-electron chi connectivity index (χ1n) is 8.61. The normalized spacial score (nSPS) is 38.2. The summed E-state index contributed by atoms with van der Waals surface area (Å²) in [5.41, 5.74) is 0. The molecular formula is C17H32N2. The van der Waals surface area contributed by atoms with Crippen LogP contribution in [0.4, 0.5) is 0 Å². The van der Waals surface area contributed by atoms with Crippen molar-refractivity contribution in [2.45, 2.75) is 65.0 Å². The molecule has 2 nitrogen and oxygen atoms in total. The molecule has 0 radical (unpaired) electrons. The van der Waals surface area contributed by atoms with Crippen LogP contribution in [0, 0.1) is 17.8 Å². The van der Waals surface area contributed by atoms with E-state index in [1.54, 1.807) is 0 Å². The summed E-state index contributed by atoms with van der Waals surface area (Å²) in [7, 11) is 0. The summed E-state index contributed by atoms with van der Waals surface area (Å²) >= 11 is 0. The largest absolute Gasteiger partial charge is 0.301 e. The van der Waals surface area contributed by atoms with E-state index in [1.807, 2.05) is 0 Å². The van der Waals surface area contributed by atoms with Gasteiger partial charge in [-0.1, -0.05) is 6.42 Å². The molecule has 0 spiro atoms. The van der Waals surface area contributed by atoms with E-state index in [-0.39, 0.29) is 0 Å². The summed E-state index contributed by atoms with van der Waals surface area (Å²) < 4.78 is 0. The molecule has 0 N–H and O–H groups in total. The first-order valence-corrected chi connectivity index (χ1v) is 8.61. The fourth-order valence-electron chi connectivity index (χ4n) is 4.79. The van der Waals surface area contributed by atoms with Crippen LogP contribution in [0.3, 0.4) is 0 Å². The van der Waals surface area contributed by atoms with Crippen molar-refractivity contribution in [2.24, 2.45) is 17.8 Å². The van der Waals surface area contributed by atoms with Crippen molar-refractivity contribution in [1.82, 2.24) is 9.80 Å². The minimum atomic E-state index is 0.742. The highest BCUT2D eigenvalue weighted by molar-refractivity contribution is 4.91. The highest BCUT2D eigenvalue weighted by atomic mass is 15.2. The molecule has 3 rings (SSSR count). The van der Waals surface area contributed by atoms with Gasteiger partial charge in [0.15, 0.2) is 0 Å². The lowest BCUT2D eigenvalue weighted by atomic mass is 9.99. The zero-order valence-electron chi connectivity index (χ0n) is 13.1. The lowest BCUT2D eigenvalue weighted by Gasteiger charge is -2.28. The lowest BCUT2D eigenvalue weighted by Crippen LogP contribution is -2.34. The third-order valence-corrected chi connectivity index (χ3v) is 6.10. The van der Waals surface area contributed by atoms with Gasteiger partial charge in [-0.25, -0.2) is 0 Å². The molecule has 2 heteroatoms. The molecule has 110 valence electrons. The summed E-state index contributed by atoms with van der Waals surface area (Å²) in [6.07, 6.45) is 7.40. The molecule has 1 saturated carbocycles. The molecule has 2 aliphatic heterocycles. The van der Waals surface area contributed by atoms with Crippen LogP contribution in [0.25, 0.3) is 0 Å². The number of fused-ring (bicyclic) bond motifs is 1. The van der Waals surface area contributed by atoms with Crippen molar-refractivity contribution in [2.75, 3.05) is 26.2 Å². The standard InChI is InChI=1S/C17H32N2/c1-13(2)18-8-7-15(10-18)9-14(3)19-11-16-5-4-6-17(16)12-19/h13-17H,4-12H2,1-3H3. The Kier molecular flexibility index (Phi) is 4.19. The zero-order valence-corrected chi connectivity index (χ0v) is 13.1. The Morgan fingerprint density at radius 1 is 0.895 bits per heavy atom. The number of hydrogen-bond donors (Lipinski definition) is 0. The molecule has 3 aliphatic rings. The first kappa shape index (κ1) is 13.9. The van der Waals surface area contributed by atoms with E-state index in [0.29, 0.717) is 0 Å². The number of nitrogens with zero attached hydrogens (tertiary/aromatic N) is 2. The summed E-state index contributed by atoms with van der Waals surface area (Å²) in [4.78, 5) is 5.47. The zero-order chi connectivity index (χ0) is 13.4. The maximum Gasteiger partial charge on any atom is 0.00702 e. The Labute approximate surface area is 119 Å². The van der Waals surface area contributed by atoms with Crippen LogP contribution in [-0.2, 0) is 0 Å². The molecule has 0 amide bonds. The highest BCUT2D eigenvalue weighted by Crippen LogP contribution is 2.39. The van der Waals surface area contributed by atoms with Crippen LogP contribution in [0.2, 0.25) is 0 Å². The van der Waals surface area contributed by atoms with Crippen LogP contribution in [-0.4, -0.2) is 48.1 Å². The van der Waals surface area contributed by atoms with Crippen molar-refractivity contribution in [3.8, 4) is 0 Å². The second kappa shape index (κ2) is 5.73. The van der Waals surface area contributed by atoms with E-state index in [0.717, 1.165) is 29.8 Å². The minimum absolute atomic E-state index is 0.742. The summed E-state index contributed by atoms with van der Waals surface area (Å²) in [5.74, 6) is 3.06. The highest BCUT2D eigenvalue weighted by Gasteiger charge is 2.38. The average Bonchev–Trinajstić information content (AvgIpc) is 3.02. The Bertz CT molecular complexity index is 290. The molecule has 3 fully saturated rings. The number of likely N-dealkylation sites (tertiary alicyclic amines) is 2. The molecule has 4 atom stereocenters. The molecule has 0 aromatic carbocycles. The molecule has 4 unspecified atom stereocenters. The first-order chi connectivity index (χ1) is 9.13. The van der Waals surface area contributed by atoms with Gasteiger partial charge in [0, 0.05) is 31.7 Å². The fraction of sp³-hybridized carbons (Fsp3) is 1.00. The van der Waals surface area contributed by atoms with Gasteiger partial charge in [0.1, 0.15) is 0 Å². The molecule has 0 bridgehead atoms. The average molecular weight is 264 g/mol. The molecule has 0 aromatic rings. The van der Waals surface area contributed by atoms with Crippen molar-refractivity contribution < 1.29 is 0 Å². The van der Waals surface area contributed by atoms with Gasteiger partial charge in [0.05, 0.1) is 0 Å². The van der Waals surface area contributed by atoms with Gasteiger partial charge >= 0.3 is 0 Å². The van der Waals surface area contributed by atoms with Gasteiger partial charge in [-0.05, 0) is 70.8 Å². The van der Waals surface area contributed by atoms with Gasteiger partial charge < -0.3 is 9.80 Å². The van der Waals surface area contributed by atoms with E-state index in [2.05, 4.69) is 30.6 Å². The molecular weight excluding hydrogens is 232 g/mol. The monoisotopic (exact) mass is 264 g/mol. The lowest BCUT2D eigenvalue weighted by molar-refractivity contribution is 0.198. The van der Waals surface area contributed by atoms with E-state index < -0.39 is 0 Å². The summed E-state index contributed by atoms with van der Waals surface area (Å²) in [5, 5.41) is 0. The summed E-state index contributed by atoms with van der Waals surface area (Å²) in [6, 6.07) is 1.56. The second-order valence-corrected chi connectivity index (χ2v) is 7.73. The third-order valence-electron chi connectivity index (χ3n) is 6.10. The van der Waals surface area contributed by atoms with Crippen molar-refractivity contribution in [1.29, 1.82) is 0 Å². The SMILES string of the molecule is CC(C)N1CCC(CC(C)N2CC3CCCC3C2)C1. The predicted molar refractivity (Wildman–Crippen MR) is 81.3 cm³/mol. The van der Waals surface area contributed by atoms with Gasteiger partial charge in [0.25, 0.3) is 0 Å². The molecule has 1 aliphatic carbocycles. The topological polar surface area (TPSA) is 6.48 Å². The molecule has 0 aromatic heterocycles. The van der Waals surface area contributed by atoms with E-state index >= 15 is 0 Å². The van der Waals surface area contributed by atoms with Gasteiger partial charge in [-0.2, -0.15) is 0 Å². The predicted octanol–water partition coefficient (Wildman–Crippen LogP) is 3.23. The smallest absolute Gasteiger partial charge is 0.00702 e. The Morgan fingerprint density at radius 3 is 2.16 bits per heavy atom. The van der Waals surface area contributed by atoms with E-state index in [1.165, 1.54) is 58.3 Å². The summed E-state index contributed by atoms with van der Waals surface area (Å²) in [6.45, 7) is 12.7. The van der Waals surface area contributed by atoms with E-state index in [9.17, 15) is 0 Å². The van der Waals surface area contributed by atoms with Gasteiger partial charge in [0.2, 0.25) is 0 Å². The Balaban J connectivity index is 1.46. The van der Waals surface area contributed by atoms with Gasteiger partial charge in [-0.3, -0.25) is 0 Å². The molecule has 2 saturated heterocycles. The molecule has 19 heavy (non-hydrogen) atoms. The number of hydrogen-bond acceptors (Lipinski definition) is 2. The van der Waals surface area contributed by atoms with Crippen molar-refractivity contribution >= 4 is 0 Å². The van der Waals surface area contributed by atoms with Crippen molar-refractivity contribution in [3.63, 3.8) is 0 Å².